The summed E-state index contributed by atoms with van der Waals surface area (Å²) in [4.78, 5) is 14.0. The van der Waals surface area contributed by atoms with Gasteiger partial charge in [0.1, 0.15) is 0 Å². The second-order valence-electron chi connectivity index (χ2n) is 5.17. The molecule has 0 fully saturated rings. The quantitative estimate of drug-likeness (QED) is 0.871. The van der Waals surface area contributed by atoms with Crippen LogP contribution in [0.4, 0.5) is 0 Å². The van der Waals surface area contributed by atoms with Gasteiger partial charge < -0.3 is 14.5 Å². The van der Waals surface area contributed by atoms with Crippen LogP contribution in [0.3, 0.4) is 0 Å². The highest BCUT2D eigenvalue weighted by atomic mass is 32.1. The predicted octanol–water partition coefficient (Wildman–Crippen LogP) is 2.11. The Morgan fingerprint density at radius 3 is 2.95 bits per heavy atom. The van der Waals surface area contributed by atoms with E-state index in [4.69, 9.17) is 21.7 Å². The highest BCUT2D eigenvalue weighted by Gasteiger charge is 2.19. The van der Waals surface area contributed by atoms with Crippen LogP contribution >= 0.6 is 12.2 Å². The van der Waals surface area contributed by atoms with Crippen LogP contribution in [-0.4, -0.2) is 40.6 Å². The molecule has 3 heterocycles. The Morgan fingerprint density at radius 2 is 2.18 bits per heavy atom. The van der Waals surface area contributed by atoms with Gasteiger partial charge in [-0.25, -0.2) is 4.98 Å². The van der Waals surface area contributed by atoms with Gasteiger partial charge in [0, 0.05) is 55.1 Å². The van der Waals surface area contributed by atoms with Gasteiger partial charge in [-0.1, -0.05) is 0 Å². The zero-order valence-corrected chi connectivity index (χ0v) is 13.4. The molecule has 0 bridgehead atoms. The number of rotatable bonds is 4. The van der Waals surface area contributed by atoms with Gasteiger partial charge in [0.05, 0.1) is 14.2 Å². The van der Waals surface area contributed by atoms with Crippen molar-refractivity contribution < 1.29 is 9.47 Å². The van der Waals surface area contributed by atoms with Gasteiger partial charge in [-0.3, -0.25) is 4.90 Å². The third-order valence-corrected chi connectivity index (χ3v) is 3.97. The molecule has 1 N–H and O–H groups in total. The Morgan fingerprint density at radius 1 is 1.32 bits per heavy atom. The van der Waals surface area contributed by atoms with Crippen LogP contribution in [-0.2, 0) is 19.5 Å². The van der Waals surface area contributed by atoms with Crippen LogP contribution in [0.15, 0.2) is 18.3 Å². The van der Waals surface area contributed by atoms with E-state index in [0.717, 1.165) is 31.6 Å². The first-order chi connectivity index (χ1) is 10.7. The number of hydrogen-bond acceptors (Lipinski definition) is 6. The minimum Gasteiger partial charge on any atom is -0.481 e. The van der Waals surface area contributed by atoms with E-state index in [0.29, 0.717) is 16.5 Å². The van der Waals surface area contributed by atoms with E-state index in [-0.39, 0.29) is 0 Å². The summed E-state index contributed by atoms with van der Waals surface area (Å²) in [6.45, 7) is 2.57. The van der Waals surface area contributed by atoms with Crippen molar-refractivity contribution in [1.82, 2.24) is 19.9 Å². The number of pyridine rings is 1. The number of ether oxygens (including phenoxy) is 2. The first-order valence-electron chi connectivity index (χ1n) is 7.07. The molecule has 1 aliphatic heterocycles. The summed E-state index contributed by atoms with van der Waals surface area (Å²) in [5.41, 5.74) is 3.43. The molecule has 116 valence electrons. The first kappa shape index (κ1) is 14.9. The molecule has 0 amide bonds. The summed E-state index contributed by atoms with van der Waals surface area (Å²) in [5, 5.41) is 0. The van der Waals surface area contributed by atoms with Gasteiger partial charge >= 0.3 is 0 Å². The molecular formula is C15H18N4O2S. The molecule has 3 rings (SSSR count). The number of nitrogens with zero attached hydrogens (tertiary/aromatic N) is 3. The molecule has 0 saturated heterocycles. The van der Waals surface area contributed by atoms with Gasteiger partial charge in [0.2, 0.25) is 11.8 Å². The summed E-state index contributed by atoms with van der Waals surface area (Å²) in [6, 6.07) is 3.85. The Bertz CT molecular complexity index is 732. The van der Waals surface area contributed by atoms with Crippen LogP contribution in [0, 0.1) is 4.77 Å². The summed E-state index contributed by atoms with van der Waals surface area (Å²) in [6.07, 6.45) is 2.80. The van der Waals surface area contributed by atoms with Crippen molar-refractivity contribution in [2.45, 2.75) is 19.5 Å². The normalized spacial score (nSPS) is 14.5. The third-order valence-electron chi connectivity index (χ3n) is 3.77. The molecule has 0 atom stereocenters. The lowest BCUT2D eigenvalue weighted by atomic mass is 10.1. The van der Waals surface area contributed by atoms with Gasteiger partial charge in [-0.15, -0.1) is 0 Å². The fraction of sp³-hybridized carbons (Fsp3) is 0.400. The zero-order chi connectivity index (χ0) is 15.5. The summed E-state index contributed by atoms with van der Waals surface area (Å²) in [5.74, 6) is 1.16. The van der Waals surface area contributed by atoms with E-state index < -0.39 is 0 Å². The van der Waals surface area contributed by atoms with Crippen LogP contribution in [0.2, 0.25) is 0 Å². The number of aromatic nitrogens is 3. The van der Waals surface area contributed by atoms with E-state index in [1.807, 2.05) is 18.3 Å². The lowest BCUT2D eigenvalue weighted by Gasteiger charge is -2.28. The van der Waals surface area contributed by atoms with Gasteiger partial charge in [0.15, 0.2) is 4.77 Å². The topological polar surface area (TPSA) is 63.3 Å². The number of methoxy groups -OCH3 is 2. The fourth-order valence-corrected chi connectivity index (χ4v) is 2.82. The maximum absolute atomic E-state index is 5.36. The first-order valence-corrected chi connectivity index (χ1v) is 7.47. The zero-order valence-electron chi connectivity index (χ0n) is 12.6. The van der Waals surface area contributed by atoms with E-state index in [1.165, 1.54) is 11.3 Å². The minimum atomic E-state index is 0.549. The number of fused-ring (bicyclic) bond motifs is 1. The third kappa shape index (κ3) is 3.10. The Balaban J connectivity index is 1.77. The molecule has 0 saturated carbocycles. The maximum Gasteiger partial charge on any atom is 0.220 e. The predicted molar refractivity (Wildman–Crippen MR) is 84.6 cm³/mol. The molecule has 22 heavy (non-hydrogen) atoms. The second kappa shape index (κ2) is 6.41. The standard InChI is InChI=1S/C15H18N4O2S/c1-20-13-4-3-10(14(18-13)21-2)8-19-6-5-12-11(9-19)7-16-15(22)17-12/h3-4,7H,5-6,8-9H2,1-2H3,(H,16,17,22). The number of nitrogens with one attached hydrogen (secondary N) is 1. The van der Waals surface area contributed by atoms with Crippen LogP contribution in [0.25, 0.3) is 0 Å². The van der Waals surface area contributed by atoms with E-state index in [1.54, 1.807) is 14.2 Å². The van der Waals surface area contributed by atoms with E-state index in [9.17, 15) is 0 Å². The highest BCUT2D eigenvalue weighted by Crippen LogP contribution is 2.24. The molecule has 0 radical (unpaired) electrons. The maximum atomic E-state index is 5.36. The van der Waals surface area contributed by atoms with Crippen molar-refractivity contribution in [2.75, 3.05) is 20.8 Å². The van der Waals surface area contributed by atoms with Gasteiger partial charge in [-0.2, -0.15) is 4.98 Å². The number of aromatic amines is 1. The van der Waals surface area contributed by atoms with Gasteiger partial charge in [0.25, 0.3) is 0 Å². The summed E-state index contributed by atoms with van der Waals surface area (Å²) >= 11 is 5.07. The molecular weight excluding hydrogens is 300 g/mol. The van der Waals surface area contributed by atoms with Crippen molar-refractivity contribution in [3.05, 3.63) is 39.9 Å². The van der Waals surface area contributed by atoms with Crippen molar-refractivity contribution in [3.8, 4) is 11.8 Å². The van der Waals surface area contributed by atoms with Gasteiger partial charge in [-0.05, 0) is 18.3 Å². The minimum absolute atomic E-state index is 0.549. The van der Waals surface area contributed by atoms with E-state index in [2.05, 4.69) is 19.9 Å². The molecule has 1 aliphatic rings. The summed E-state index contributed by atoms with van der Waals surface area (Å²) in [7, 11) is 3.22. The molecule has 0 aromatic carbocycles. The lowest BCUT2D eigenvalue weighted by Crippen LogP contribution is -2.31. The second-order valence-corrected chi connectivity index (χ2v) is 5.56. The van der Waals surface area contributed by atoms with Crippen LogP contribution in [0.1, 0.15) is 16.8 Å². The molecule has 0 spiro atoms. The highest BCUT2D eigenvalue weighted by molar-refractivity contribution is 7.71. The smallest absolute Gasteiger partial charge is 0.220 e. The van der Waals surface area contributed by atoms with Crippen molar-refractivity contribution in [1.29, 1.82) is 0 Å². The lowest BCUT2D eigenvalue weighted by molar-refractivity contribution is 0.237. The van der Waals surface area contributed by atoms with Crippen molar-refractivity contribution in [2.24, 2.45) is 0 Å². The number of hydrogen-bond donors (Lipinski definition) is 1. The Labute approximate surface area is 134 Å². The SMILES string of the molecule is COc1ccc(CN2CCc3[nH]c(=S)ncc3C2)c(OC)n1. The van der Waals surface area contributed by atoms with Crippen LogP contribution in [0.5, 0.6) is 11.8 Å². The molecule has 2 aromatic rings. The van der Waals surface area contributed by atoms with Crippen molar-refractivity contribution >= 4 is 12.2 Å². The Kier molecular flexibility index (Phi) is 4.35. The molecule has 7 heteroatoms. The molecule has 6 nitrogen and oxygen atoms in total. The fourth-order valence-electron chi connectivity index (χ4n) is 2.64. The monoisotopic (exact) mass is 318 g/mol. The average Bonchev–Trinajstić information content (AvgIpc) is 2.55. The van der Waals surface area contributed by atoms with Crippen molar-refractivity contribution in [3.63, 3.8) is 0 Å². The summed E-state index contributed by atoms with van der Waals surface area (Å²) < 4.78 is 11.0. The van der Waals surface area contributed by atoms with E-state index >= 15 is 0 Å². The Hall–Kier alpha value is -1.99. The molecule has 0 unspecified atom stereocenters. The molecule has 2 aromatic heterocycles. The largest absolute Gasteiger partial charge is 0.481 e. The van der Waals surface area contributed by atoms with Crippen LogP contribution < -0.4 is 9.47 Å². The number of H-pyrrole nitrogens is 1. The molecule has 0 aliphatic carbocycles. The average molecular weight is 318 g/mol.